The predicted octanol–water partition coefficient (Wildman–Crippen LogP) is 3.15. The van der Waals surface area contributed by atoms with Gasteiger partial charge < -0.3 is 9.84 Å². The highest BCUT2D eigenvalue weighted by Crippen LogP contribution is 2.26. The summed E-state index contributed by atoms with van der Waals surface area (Å²) in [4.78, 5) is 14.4. The molecule has 6 heteroatoms. The van der Waals surface area contributed by atoms with Crippen LogP contribution in [0.5, 0.6) is 5.75 Å². The average Bonchev–Trinajstić information content (AvgIpc) is 2.37. The van der Waals surface area contributed by atoms with Crippen LogP contribution in [0.25, 0.3) is 0 Å². The minimum atomic E-state index is -1.07. The molecule has 98 valence electrons. The normalized spacial score (nSPS) is 10.2. The lowest BCUT2D eigenvalue weighted by atomic mass is 10.2. The first-order valence-electron chi connectivity index (χ1n) is 5.31. The second-order valence-electron chi connectivity index (χ2n) is 3.75. The molecule has 0 atom stereocenters. The Balaban J connectivity index is 2.10. The third kappa shape index (κ3) is 3.42. The molecule has 0 amide bonds. The van der Waals surface area contributed by atoms with Crippen molar-refractivity contribution in [1.82, 2.24) is 4.98 Å². The van der Waals surface area contributed by atoms with E-state index in [2.05, 4.69) is 4.98 Å². The van der Waals surface area contributed by atoms with Gasteiger partial charge in [-0.25, -0.2) is 9.18 Å². The average molecular weight is 282 g/mol. The summed E-state index contributed by atoms with van der Waals surface area (Å²) >= 11 is 5.89. The molecule has 0 saturated heterocycles. The summed E-state index contributed by atoms with van der Waals surface area (Å²) in [5.74, 6) is -1.19. The van der Waals surface area contributed by atoms with Crippen molar-refractivity contribution < 1.29 is 19.0 Å². The van der Waals surface area contributed by atoms with Crippen LogP contribution >= 0.6 is 11.6 Å². The largest absolute Gasteiger partial charge is 0.487 e. The van der Waals surface area contributed by atoms with Gasteiger partial charge in [-0.2, -0.15) is 0 Å². The highest BCUT2D eigenvalue weighted by Gasteiger charge is 2.08. The number of halogens is 2. The van der Waals surface area contributed by atoms with Crippen molar-refractivity contribution in [1.29, 1.82) is 0 Å². The molecule has 0 saturated carbocycles. The second kappa shape index (κ2) is 5.67. The van der Waals surface area contributed by atoms with Crippen molar-refractivity contribution in [2.45, 2.75) is 6.61 Å². The van der Waals surface area contributed by atoms with E-state index < -0.39 is 11.8 Å². The number of aromatic carboxylic acids is 1. The van der Waals surface area contributed by atoms with Gasteiger partial charge in [-0.15, -0.1) is 0 Å². The number of ether oxygens (including phenoxy) is 1. The monoisotopic (exact) mass is 281 g/mol. The fourth-order valence-electron chi connectivity index (χ4n) is 1.45. The Labute approximate surface area is 113 Å². The van der Waals surface area contributed by atoms with E-state index in [0.717, 1.165) is 6.20 Å². The number of rotatable bonds is 4. The third-order valence-corrected chi connectivity index (χ3v) is 2.63. The molecule has 1 heterocycles. The Morgan fingerprint density at radius 3 is 2.79 bits per heavy atom. The molecule has 0 aliphatic heterocycles. The zero-order chi connectivity index (χ0) is 13.8. The fraction of sp³-hybridized carbons (Fsp3) is 0.0769. The second-order valence-corrected chi connectivity index (χ2v) is 4.16. The van der Waals surface area contributed by atoms with Crippen LogP contribution in [-0.4, -0.2) is 16.1 Å². The Morgan fingerprint density at radius 2 is 2.16 bits per heavy atom. The molecule has 0 fully saturated rings. The zero-order valence-corrected chi connectivity index (χ0v) is 10.4. The minimum absolute atomic E-state index is 0.0739. The molecule has 1 aromatic heterocycles. The quantitative estimate of drug-likeness (QED) is 0.935. The molecule has 0 unspecified atom stereocenters. The molecule has 2 aromatic rings. The van der Waals surface area contributed by atoms with Crippen LogP contribution in [0, 0.1) is 5.82 Å². The molecule has 1 N–H and O–H groups in total. The number of pyridine rings is 1. The van der Waals surface area contributed by atoms with Gasteiger partial charge in [0.25, 0.3) is 0 Å². The standard InChI is InChI=1S/C13H9ClFNO3/c14-11-4-9(13(17)18)1-2-12(11)19-7-8-3-10(15)6-16-5-8/h1-6H,7H2,(H,17,18). The van der Waals surface area contributed by atoms with Gasteiger partial charge in [0, 0.05) is 11.8 Å². The fourth-order valence-corrected chi connectivity index (χ4v) is 1.68. The molecule has 0 spiro atoms. The van der Waals surface area contributed by atoms with Gasteiger partial charge in [0.1, 0.15) is 18.2 Å². The molecule has 0 radical (unpaired) electrons. The van der Waals surface area contributed by atoms with E-state index in [1.807, 2.05) is 0 Å². The van der Waals surface area contributed by atoms with Gasteiger partial charge in [-0.1, -0.05) is 11.6 Å². The van der Waals surface area contributed by atoms with Crippen LogP contribution in [0.1, 0.15) is 15.9 Å². The Kier molecular flexibility index (Phi) is 3.97. The van der Waals surface area contributed by atoms with Gasteiger partial charge in [0.05, 0.1) is 16.8 Å². The SMILES string of the molecule is O=C(O)c1ccc(OCc2cncc(F)c2)c(Cl)c1. The number of hydrogen-bond acceptors (Lipinski definition) is 3. The molecule has 4 nitrogen and oxygen atoms in total. The lowest BCUT2D eigenvalue weighted by Gasteiger charge is -2.08. The topological polar surface area (TPSA) is 59.4 Å². The Hall–Kier alpha value is -2.14. The van der Waals surface area contributed by atoms with Crippen molar-refractivity contribution in [3.63, 3.8) is 0 Å². The van der Waals surface area contributed by atoms with Gasteiger partial charge >= 0.3 is 5.97 Å². The zero-order valence-electron chi connectivity index (χ0n) is 9.64. The third-order valence-electron chi connectivity index (χ3n) is 2.33. The molecule has 0 bridgehead atoms. The Bertz CT molecular complexity index is 619. The van der Waals surface area contributed by atoms with E-state index in [4.69, 9.17) is 21.4 Å². The van der Waals surface area contributed by atoms with E-state index in [-0.39, 0.29) is 17.2 Å². The molecule has 1 aromatic carbocycles. The van der Waals surface area contributed by atoms with Crippen LogP contribution in [0.4, 0.5) is 4.39 Å². The van der Waals surface area contributed by atoms with Gasteiger partial charge in [0.2, 0.25) is 0 Å². The summed E-state index contributed by atoms with van der Waals surface area (Å²) in [6.07, 6.45) is 2.57. The molecule has 0 aliphatic carbocycles. The first kappa shape index (κ1) is 13.3. The number of carboxylic acids is 1. The van der Waals surface area contributed by atoms with Crippen LogP contribution in [-0.2, 0) is 6.61 Å². The minimum Gasteiger partial charge on any atom is -0.487 e. The Morgan fingerprint density at radius 1 is 1.37 bits per heavy atom. The van der Waals surface area contributed by atoms with E-state index >= 15 is 0 Å². The summed E-state index contributed by atoms with van der Waals surface area (Å²) in [5.41, 5.74) is 0.628. The molecular formula is C13H9ClFNO3. The maximum Gasteiger partial charge on any atom is 0.335 e. The van der Waals surface area contributed by atoms with Gasteiger partial charge in [0.15, 0.2) is 0 Å². The molecule has 2 rings (SSSR count). The summed E-state index contributed by atoms with van der Waals surface area (Å²) in [7, 11) is 0. The highest BCUT2D eigenvalue weighted by atomic mass is 35.5. The summed E-state index contributed by atoms with van der Waals surface area (Å²) < 4.78 is 18.3. The number of aromatic nitrogens is 1. The maximum atomic E-state index is 12.9. The van der Waals surface area contributed by atoms with Crippen LogP contribution in [0.3, 0.4) is 0 Å². The summed E-state index contributed by atoms with van der Waals surface area (Å²) in [5, 5.41) is 8.97. The first-order chi connectivity index (χ1) is 9.06. The van der Waals surface area contributed by atoms with Crippen molar-refractivity contribution >= 4 is 17.6 Å². The van der Waals surface area contributed by atoms with Crippen molar-refractivity contribution in [3.05, 3.63) is 58.6 Å². The number of nitrogens with zero attached hydrogens (tertiary/aromatic N) is 1. The predicted molar refractivity (Wildman–Crippen MR) is 66.9 cm³/mol. The molecule has 19 heavy (non-hydrogen) atoms. The van der Waals surface area contributed by atoms with Crippen LogP contribution in [0.2, 0.25) is 5.02 Å². The smallest absolute Gasteiger partial charge is 0.335 e. The van der Waals surface area contributed by atoms with Crippen LogP contribution < -0.4 is 4.74 Å². The van der Waals surface area contributed by atoms with E-state index in [9.17, 15) is 9.18 Å². The number of benzene rings is 1. The van der Waals surface area contributed by atoms with Crippen LogP contribution in [0.15, 0.2) is 36.7 Å². The van der Waals surface area contributed by atoms with E-state index in [0.29, 0.717) is 11.3 Å². The van der Waals surface area contributed by atoms with Gasteiger partial charge in [-0.3, -0.25) is 4.98 Å². The van der Waals surface area contributed by atoms with Gasteiger partial charge in [-0.05, 0) is 24.3 Å². The van der Waals surface area contributed by atoms with E-state index in [1.54, 1.807) is 0 Å². The van der Waals surface area contributed by atoms with E-state index in [1.165, 1.54) is 30.5 Å². The number of hydrogen-bond donors (Lipinski definition) is 1. The van der Waals surface area contributed by atoms with Crippen molar-refractivity contribution in [2.75, 3.05) is 0 Å². The van der Waals surface area contributed by atoms with Crippen molar-refractivity contribution in [2.24, 2.45) is 0 Å². The lowest BCUT2D eigenvalue weighted by molar-refractivity contribution is 0.0697. The summed E-state index contributed by atoms with van der Waals surface area (Å²) in [6, 6.07) is 5.43. The summed E-state index contributed by atoms with van der Waals surface area (Å²) in [6.45, 7) is 0.0941. The van der Waals surface area contributed by atoms with Crippen molar-refractivity contribution in [3.8, 4) is 5.75 Å². The number of carbonyl (C=O) groups is 1. The lowest BCUT2D eigenvalue weighted by Crippen LogP contribution is -1.99. The molecular weight excluding hydrogens is 273 g/mol. The maximum absolute atomic E-state index is 12.9. The highest BCUT2D eigenvalue weighted by molar-refractivity contribution is 6.32. The molecule has 0 aliphatic rings. The first-order valence-corrected chi connectivity index (χ1v) is 5.69. The number of carboxylic acid groups (broad SMARTS) is 1.